The smallest absolute Gasteiger partial charge is 0.328 e. The quantitative estimate of drug-likeness (QED) is 0.786. The minimum Gasteiger partial charge on any atom is -0.467 e. The molecule has 6 nitrogen and oxygen atoms in total. The van der Waals surface area contributed by atoms with Crippen LogP contribution < -0.4 is 5.32 Å². The van der Waals surface area contributed by atoms with Gasteiger partial charge in [0.25, 0.3) is 5.91 Å². The summed E-state index contributed by atoms with van der Waals surface area (Å²) in [5, 5.41) is 6.16. The fraction of sp³-hybridized carbons (Fsp3) is 0.545. The first kappa shape index (κ1) is 11.6. The maximum atomic E-state index is 11.7. The molecule has 0 saturated heterocycles. The van der Waals surface area contributed by atoms with Crippen LogP contribution in [0.5, 0.6) is 0 Å². The van der Waals surface area contributed by atoms with E-state index in [1.165, 1.54) is 7.11 Å². The number of nitrogens with one attached hydrogen (secondary N) is 1. The van der Waals surface area contributed by atoms with Crippen molar-refractivity contribution in [3.63, 3.8) is 0 Å². The van der Waals surface area contributed by atoms with Gasteiger partial charge in [-0.15, -0.1) is 0 Å². The van der Waals surface area contributed by atoms with E-state index in [1.54, 1.807) is 13.0 Å². The van der Waals surface area contributed by atoms with Gasteiger partial charge in [0.1, 0.15) is 11.8 Å². The molecule has 1 fully saturated rings. The molecular weight excluding hydrogens is 224 g/mol. The number of ether oxygens (including phenoxy) is 1. The molecular formula is C11H14N2O4. The summed E-state index contributed by atoms with van der Waals surface area (Å²) in [5.74, 6) is 0.214. The molecule has 2 rings (SSSR count). The standard InChI is InChI=1S/C11H14N2O4/c1-6(11(15)16-2)12-10(14)8-5-9(17-13-8)7-3-4-7/h5-7H,3-4H2,1-2H3,(H,12,14). The number of hydrogen-bond acceptors (Lipinski definition) is 5. The van der Waals surface area contributed by atoms with Crippen molar-refractivity contribution in [3.8, 4) is 0 Å². The third-order valence-electron chi connectivity index (χ3n) is 2.64. The molecule has 1 N–H and O–H groups in total. The molecule has 1 saturated carbocycles. The predicted octanol–water partition coefficient (Wildman–Crippen LogP) is 0.843. The first-order valence-electron chi connectivity index (χ1n) is 5.47. The molecule has 1 atom stereocenters. The second-order valence-electron chi connectivity index (χ2n) is 4.11. The highest BCUT2D eigenvalue weighted by Crippen LogP contribution is 2.40. The fourth-order valence-electron chi connectivity index (χ4n) is 1.46. The van der Waals surface area contributed by atoms with E-state index in [-0.39, 0.29) is 5.69 Å². The molecule has 1 aromatic heterocycles. The lowest BCUT2D eigenvalue weighted by atomic mass is 10.2. The molecule has 6 heteroatoms. The monoisotopic (exact) mass is 238 g/mol. The molecule has 0 aliphatic heterocycles. The number of rotatable bonds is 4. The Kier molecular flexibility index (Phi) is 3.12. The van der Waals surface area contributed by atoms with E-state index in [9.17, 15) is 9.59 Å². The van der Waals surface area contributed by atoms with E-state index in [1.807, 2.05) is 0 Å². The van der Waals surface area contributed by atoms with E-state index in [0.717, 1.165) is 18.6 Å². The summed E-state index contributed by atoms with van der Waals surface area (Å²) in [6.45, 7) is 1.55. The van der Waals surface area contributed by atoms with Crippen LogP contribution in [0, 0.1) is 0 Å². The topological polar surface area (TPSA) is 81.4 Å². The minimum absolute atomic E-state index is 0.197. The first-order chi connectivity index (χ1) is 8.11. The SMILES string of the molecule is COC(=O)C(C)NC(=O)c1cc(C2CC2)on1. The van der Waals surface area contributed by atoms with Crippen LogP contribution in [-0.4, -0.2) is 30.2 Å². The van der Waals surface area contributed by atoms with Gasteiger partial charge in [-0.3, -0.25) is 4.79 Å². The van der Waals surface area contributed by atoms with Crippen molar-refractivity contribution < 1.29 is 18.8 Å². The summed E-state index contributed by atoms with van der Waals surface area (Å²) in [7, 11) is 1.27. The van der Waals surface area contributed by atoms with Crippen molar-refractivity contribution in [2.45, 2.75) is 31.7 Å². The Labute approximate surface area is 98.3 Å². The number of nitrogens with zero attached hydrogens (tertiary/aromatic N) is 1. The first-order valence-corrected chi connectivity index (χ1v) is 5.47. The predicted molar refractivity (Wildman–Crippen MR) is 57.4 cm³/mol. The van der Waals surface area contributed by atoms with Crippen LogP contribution in [0.3, 0.4) is 0 Å². The number of amides is 1. The van der Waals surface area contributed by atoms with Gasteiger partial charge in [0.2, 0.25) is 0 Å². The van der Waals surface area contributed by atoms with Crippen LogP contribution in [0.15, 0.2) is 10.6 Å². The molecule has 0 spiro atoms. The van der Waals surface area contributed by atoms with Crippen LogP contribution in [0.1, 0.15) is 41.9 Å². The van der Waals surface area contributed by atoms with Crippen LogP contribution >= 0.6 is 0 Å². The average molecular weight is 238 g/mol. The largest absolute Gasteiger partial charge is 0.467 e. The number of carbonyl (C=O) groups is 2. The number of esters is 1. The molecule has 1 aliphatic carbocycles. The molecule has 1 unspecified atom stereocenters. The number of carbonyl (C=O) groups excluding carboxylic acids is 2. The lowest BCUT2D eigenvalue weighted by molar-refractivity contribution is -0.142. The van der Waals surface area contributed by atoms with Crippen LogP contribution in [0.4, 0.5) is 0 Å². The molecule has 92 valence electrons. The zero-order chi connectivity index (χ0) is 12.4. The summed E-state index contributed by atoms with van der Waals surface area (Å²) >= 11 is 0. The summed E-state index contributed by atoms with van der Waals surface area (Å²) in [4.78, 5) is 22.8. The van der Waals surface area contributed by atoms with Gasteiger partial charge in [-0.25, -0.2) is 4.79 Å². The summed E-state index contributed by atoms with van der Waals surface area (Å²) in [5.41, 5.74) is 0.197. The van der Waals surface area contributed by atoms with Gasteiger partial charge in [0.15, 0.2) is 5.69 Å². The Morgan fingerprint density at radius 3 is 2.88 bits per heavy atom. The van der Waals surface area contributed by atoms with E-state index in [2.05, 4.69) is 15.2 Å². The van der Waals surface area contributed by atoms with Gasteiger partial charge in [0.05, 0.1) is 7.11 Å². The molecule has 0 bridgehead atoms. The second-order valence-corrected chi connectivity index (χ2v) is 4.11. The normalized spacial score (nSPS) is 16.4. The van der Waals surface area contributed by atoms with Crippen molar-refractivity contribution in [3.05, 3.63) is 17.5 Å². The van der Waals surface area contributed by atoms with E-state index < -0.39 is 17.9 Å². The maximum Gasteiger partial charge on any atom is 0.328 e. The number of methoxy groups -OCH3 is 1. The highest BCUT2D eigenvalue weighted by atomic mass is 16.5. The number of aromatic nitrogens is 1. The van der Waals surface area contributed by atoms with Crippen molar-refractivity contribution in [1.82, 2.24) is 10.5 Å². The van der Waals surface area contributed by atoms with Crippen molar-refractivity contribution in [2.24, 2.45) is 0 Å². The summed E-state index contributed by atoms with van der Waals surface area (Å²) < 4.78 is 9.56. The van der Waals surface area contributed by atoms with Gasteiger partial charge in [0, 0.05) is 12.0 Å². The molecule has 1 heterocycles. The van der Waals surface area contributed by atoms with Gasteiger partial charge < -0.3 is 14.6 Å². The second kappa shape index (κ2) is 4.57. The van der Waals surface area contributed by atoms with Crippen LogP contribution in [-0.2, 0) is 9.53 Å². The number of hydrogen-bond donors (Lipinski definition) is 1. The van der Waals surface area contributed by atoms with E-state index in [0.29, 0.717) is 5.92 Å². The van der Waals surface area contributed by atoms with E-state index >= 15 is 0 Å². The summed E-state index contributed by atoms with van der Waals surface area (Å²) in [6, 6.07) is 0.922. The Morgan fingerprint density at radius 1 is 1.59 bits per heavy atom. The molecule has 0 aromatic carbocycles. The fourth-order valence-corrected chi connectivity index (χ4v) is 1.46. The lowest BCUT2D eigenvalue weighted by Gasteiger charge is -2.09. The third-order valence-corrected chi connectivity index (χ3v) is 2.64. The van der Waals surface area contributed by atoms with Crippen LogP contribution in [0.25, 0.3) is 0 Å². The Bertz CT molecular complexity index is 436. The third kappa shape index (κ3) is 2.64. The van der Waals surface area contributed by atoms with Crippen molar-refractivity contribution in [2.75, 3.05) is 7.11 Å². The minimum atomic E-state index is -0.700. The Hall–Kier alpha value is -1.85. The van der Waals surface area contributed by atoms with Gasteiger partial charge in [-0.1, -0.05) is 5.16 Å². The molecule has 1 aromatic rings. The zero-order valence-electron chi connectivity index (χ0n) is 9.73. The Balaban J connectivity index is 1.96. The molecule has 1 aliphatic rings. The van der Waals surface area contributed by atoms with E-state index in [4.69, 9.17) is 4.52 Å². The van der Waals surface area contributed by atoms with Crippen LogP contribution in [0.2, 0.25) is 0 Å². The maximum absolute atomic E-state index is 11.7. The molecule has 17 heavy (non-hydrogen) atoms. The zero-order valence-corrected chi connectivity index (χ0v) is 9.73. The highest BCUT2D eigenvalue weighted by molar-refractivity contribution is 5.95. The molecule has 1 amide bonds. The average Bonchev–Trinajstić information content (AvgIpc) is 3.05. The van der Waals surface area contributed by atoms with Crippen molar-refractivity contribution >= 4 is 11.9 Å². The Morgan fingerprint density at radius 2 is 2.29 bits per heavy atom. The van der Waals surface area contributed by atoms with Gasteiger partial charge >= 0.3 is 5.97 Å². The highest BCUT2D eigenvalue weighted by Gasteiger charge is 2.29. The van der Waals surface area contributed by atoms with Crippen molar-refractivity contribution in [1.29, 1.82) is 0 Å². The van der Waals surface area contributed by atoms with Gasteiger partial charge in [-0.2, -0.15) is 0 Å². The summed E-state index contributed by atoms with van der Waals surface area (Å²) in [6.07, 6.45) is 2.16. The van der Waals surface area contributed by atoms with Gasteiger partial charge in [-0.05, 0) is 19.8 Å². The lowest BCUT2D eigenvalue weighted by Crippen LogP contribution is -2.39. The molecule has 0 radical (unpaired) electrons.